The molecule has 0 aromatic heterocycles. The molecule has 0 spiro atoms. The quantitative estimate of drug-likeness (QED) is 0.507. The zero-order valence-electron chi connectivity index (χ0n) is 9.21. The van der Waals surface area contributed by atoms with E-state index >= 15 is 0 Å². The Hall–Kier alpha value is -1.06. The number of carbonyl (C=O) groups is 1. The van der Waals surface area contributed by atoms with Gasteiger partial charge in [0.25, 0.3) is 0 Å². The van der Waals surface area contributed by atoms with E-state index in [-0.39, 0.29) is 0 Å². The molecule has 0 saturated carbocycles. The van der Waals surface area contributed by atoms with Crippen LogP contribution in [0.15, 0.2) is 4.99 Å². The number of unbranched alkanes of at least 4 members (excludes halogenated alkanes) is 1. The lowest BCUT2D eigenvalue weighted by Crippen LogP contribution is -2.09. The first-order chi connectivity index (χ1) is 6.74. The summed E-state index contributed by atoms with van der Waals surface area (Å²) in [6.07, 6.45) is 2.16. The van der Waals surface area contributed by atoms with Crippen molar-refractivity contribution in [2.75, 3.05) is 13.2 Å². The maximum Gasteiger partial charge on any atom is 0.436 e. The van der Waals surface area contributed by atoms with Gasteiger partial charge in [0.2, 0.25) is 0 Å². The minimum Gasteiger partial charge on any atom is -0.481 e. The minimum absolute atomic E-state index is 0.343. The fraction of sp³-hybridized carbons (Fsp3) is 0.800. The van der Waals surface area contributed by atoms with Gasteiger partial charge in [-0.3, -0.25) is 0 Å². The van der Waals surface area contributed by atoms with Crippen LogP contribution in [0, 0.1) is 0 Å². The molecule has 0 saturated heterocycles. The predicted octanol–water partition coefficient (Wildman–Crippen LogP) is 2.77. The topological polar surface area (TPSA) is 47.9 Å². The van der Waals surface area contributed by atoms with Gasteiger partial charge in [-0.05, 0) is 20.3 Å². The maximum atomic E-state index is 11.0. The van der Waals surface area contributed by atoms with E-state index in [1.54, 1.807) is 6.92 Å². The van der Waals surface area contributed by atoms with E-state index in [1.165, 1.54) is 0 Å². The van der Waals surface area contributed by atoms with Gasteiger partial charge in [0, 0.05) is 6.42 Å². The Kier molecular flexibility index (Phi) is 7.89. The van der Waals surface area contributed by atoms with Gasteiger partial charge in [-0.25, -0.2) is 4.79 Å². The molecule has 0 atom stereocenters. The zero-order valence-corrected chi connectivity index (χ0v) is 9.21. The lowest BCUT2D eigenvalue weighted by Gasteiger charge is -2.05. The first-order valence-corrected chi connectivity index (χ1v) is 5.11. The monoisotopic (exact) mass is 201 g/mol. The van der Waals surface area contributed by atoms with Crippen molar-refractivity contribution in [3.05, 3.63) is 0 Å². The fourth-order valence-electron chi connectivity index (χ4n) is 0.913. The number of amides is 1. The van der Waals surface area contributed by atoms with Crippen LogP contribution >= 0.6 is 0 Å². The van der Waals surface area contributed by atoms with Crippen LogP contribution in [-0.2, 0) is 9.47 Å². The minimum atomic E-state index is -0.563. The van der Waals surface area contributed by atoms with Gasteiger partial charge < -0.3 is 9.47 Å². The third-order valence-corrected chi connectivity index (χ3v) is 1.54. The van der Waals surface area contributed by atoms with E-state index in [2.05, 4.69) is 11.9 Å². The standard InChI is InChI=1S/C10H19NO3/c1-4-7-8-9(13-5-2)11-10(12)14-6-3/h4-8H2,1-3H3/b11-9-. The molecule has 4 nitrogen and oxygen atoms in total. The van der Waals surface area contributed by atoms with Gasteiger partial charge >= 0.3 is 6.09 Å². The third kappa shape index (κ3) is 6.46. The smallest absolute Gasteiger partial charge is 0.436 e. The van der Waals surface area contributed by atoms with E-state index in [0.29, 0.717) is 25.5 Å². The molecular weight excluding hydrogens is 182 g/mol. The summed E-state index contributed by atoms with van der Waals surface area (Å²) in [5.74, 6) is 0.479. The summed E-state index contributed by atoms with van der Waals surface area (Å²) in [6, 6.07) is 0. The van der Waals surface area contributed by atoms with Crippen molar-refractivity contribution in [2.24, 2.45) is 4.99 Å². The summed E-state index contributed by atoms with van der Waals surface area (Å²) in [6.45, 7) is 6.57. The van der Waals surface area contributed by atoms with E-state index in [0.717, 1.165) is 12.8 Å². The highest BCUT2D eigenvalue weighted by atomic mass is 16.6. The van der Waals surface area contributed by atoms with Crippen LogP contribution in [0.1, 0.15) is 40.0 Å². The Morgan fingerprint density at radius 1 is 1.14 bits per heavy atom. The first-order valence-electron chi connectivity index (χ1n) is 5.11. The Balaban J connectivity index is 4.08. The fourth-order valence-corrected chi connectivity index (χ4v) is 0.913. The Labute approximate surface area is 85.3 Å². The van der Waals surface area contributed by atoms with Gasteiger partial charge in [-0.1, -0.05) is 13.3 Å². The number of hydrogen-bond acceptors (Lipinski definition) is 3. The lowest BCUT2D eigenvalue weighted by atomic mass is 10.2. The molecule has 0 rings (SSSR count). The molecule has 1 amide bonds. The van der Waals surface area contributed by atoms with E-state index in [9.17, 15) is 4.79 Å². The molecule has 0 N–H and O–H groups in total. The summed E-state index contributed by atoms with van der Waals surface area (Å²) < 4.78 is 9.90. The van der Waals surface area contributed by atoms with Gasteiger partial charge in [0.05, 0.1) is 13.2 Å². The van der Waals surface area contributed by atoms with E-state index < -0.39 is 6.09 Å². The summed E-state index contributed by atoms with van der Waals surface area (Å²) in [5, 5.41) is 0. The lowest BCUT2D eigenvalue weighted by molar-refractivity contribution is 0.162. The van der Waals surface area contributed by atoms with E-state index in [1.807, 2.05) is 6.92 Å². The van der Waals surface area contributed by atoms with Crippen LogP contribution in [-0.4, -0.2) is 25.2 Å². The van der Waals surface area contributed by atoms with Crippen molar-refractivity contribution in [1.82, 2.24) is 0 Å². The molecule has 82 valence electrons. The van der Waals surface area contributed by atoms with Crippen LogP contribution in [0.5, 0.6) is 0 Å². The van der Waals surface area contributed by atoms with Crippen molar-refractivity contribution < 1.29 is 14.3 Å². The molecule has 0 aliphatic heterocycles. The number of ether oxygens (including phenoxy) is 2. The van der Waals surface area contributed by atoms with Gasteiger partial charge in [0.1, 0.15) is 0 Å². The van der Waals surface area contributed by atoms with Crippen molar-refractivity contribution >= 4 is 12.0 Å². The molecule has 0 aliphatic rings. The molecule has 4 heteroatoms. The largest absolute Gasteiger partial charge is 0.481 e. The number of nitrogens with zero attached hydrogens (tertiary/aromatic N) is 1. The second kappa shape index (κ2) is 8.53. The van der Waals surface area contributed by atoms with Gasteiger partial charge in [-0.15, -0.1) is 4.99 Å². The first kappa shape index (κ1) is 12.9. The Bertz CT molecular complexity index is 190. The summed E-state index contributed by atoms with van der Waals surface area (Å²) in [4.78, 5) is 14.7. The van der Waals surface area contributed by atoms with Crippen LogP contribution < -0.4 is 0 Å². The maximum absolute atomic E-state index is 11.0. The molecule has 0 radical (unpaired) electrons. The van der Waals surface area contributed by atoms with Crippen LogP contribution in [0.4, 0.5) is 4.79 Å². The molecule has 0 bridgehead atoms. The van der Waals surface area contributed by atoms with Crippen molar-refractivity contribution in [3.63, 3.8) is 0 Å². The average Bonchev–Trinajstić information content (AvgIpc) is 2.15. The second-order valence-corrected chi connectivity index (χ2v) is 2.74. The zero-order chi connectivity index (χ0) is 10.8. The summed E-state index contributed by atoms with van der Waals surface area (Å²) in [5.41, 5.74) is 0. The predicted molar refractivity (Wildman–Crippen MR) is 55.6 cm³/mol. The highest BCUT2D eigenvalue weighted by Crippen LogP contribution is 2.00. The van der Waals surface area contributed by atoms with Crippen LogP contribution in [0.3, 0.4) is 0 Å². The molecule has 0 aliphatic carbocycles. The van der Waals surface area contributed by atoms with Crippen molar-refractivity contribution in [3.8, 4) is 0 Å². The normalized spacial score (nSPS) is 11.2. The van der Waals surface area contributed by atoms with Gasteiger partial charge in [-0.2, -0.15) is 0 Å². The van der Waals surface area contributed by atoms with E-state index in [4.69, 9.17) is 9.47 Å². The molecule has 0 aromatic carbocycles. The van der Waals surface area contributed by atoms with Crippen molar-refractivity contribution in [1.29, 1.82) is 0 Å². The molecule has 14 heavy (non-hydrogen) atoms. The number of rotatable bonds is 5. The van der Waals surface area contributed by atoms with Crippen LogP contribution in [0.2, 0.25) is 0 Å². The molecule has 0 aromatic rings. The SMILES string of the molecule is CCCC/C(=N/C(=O)OCC)OCC. The summed E-state index contributed by atoms with van der Waals surface area (Å²) in [7, 11) is 0. The Morgan fingerprint density at radius 2 is 1.79 bits per heavy atom. The highest BCUT2D eigenvalue weighted by Gasteiger charge is 2.04. The molecule has 0 fully saturated rings. The second-order valence-electron chi connectivity index (χ2n) is 2.74. The molecule has 0 heterocycles. The average molecular weight is 201 g/mol. The van der Waals surface area contributed by atoms with Gasteiger partial charge in [0.15, 0.2) is 5.90 Å². The summed E-state index contributed by atoms with van der Waals surface area (Å²) >= 11 is 0. The van der Waals surface area contributed by atoms with Crippen LogP contribution in [0.25, 0.3) is 0 Å². The molecule has 0 unspecified atom stereocenters. The Morgan fingerprint density at radius 3 is 2.29 bits per heavy atom. The highest BCUT2D eigenvalue weighted by molar-refractivity contribution is 5.87. The number of carbonyl (C=O) groups excluding carboxylic acids is 1. The van der Waals surface area contributed by atoms with Crippen molar-refractivity contribution in [2.45, 2.75) is 40.0 Å². The number of hydrogen-bond donors (Lipinski definition) is 0. The third-order valence-electron chi connectivity index (χ3n) is 1.54. The number of aliphatic imine (C=N–C) groups is 1. The molecular formula is C10H19NO3.